The second-order valence-corrected chi connectivity index (χ2v) is 5.59. The highest BCUT2D eigenvalue weighted by Crippen LogP contribution is 2.37. The molecule has 1 aliphatic heterocycles. The maximum Gasteiger partial charge on any atom is 0.311 e. The Hall–Kier alpha value is -1.10. The number of rotatable bonds is 4. The van der Waals surface area contributed by atoms with Crippen LogP contribution in [0.25, 0.3) is 0 Å². The van der Waals surface area contributed by atoms with Gasteiger partial charge in [0, 0.05) is 6.54 Å². The van der Waals surface area contributed by atoms with Crippen molar-refractivity contribution in [2.24, 2.45) is 11.3 Å². The SMILES string of the molecule is CC1CC(C(=O)NCC2(C(=O)O)CCCC2)CO1. The molecule has 5 nitrogen and oxygen atoms in total. The number of ether oxygens (including phenoxy) is 1. The minimum atomic E-state index is -0.781. The molecule has 0 aromatic heterocycles. The van der Waals surface area contributed by atoms with Crippen molar-refractivity contribution in [1.29, 1.82) is 0 Å². The molecular formula is C13H21NO4. The molecule has 2 fully saturated rings. The Morgan fingerprint density at radius 2 is 2.06 bits per heavy atom. The van der Waals surface area contributed by atoms with E-state index in [9.17, 15) is 14.7 Å². The van der Waals surface area contributed by atoms with E-state index in [1.54, 1.807) is 0 Å². The summed E-state index contributed by atoms with van der Waals surface area (Å²) in [6.07, 6.45) is 4.06. The maximum absolute atomic E-state index is 11.9. The highest BCUT2D eigenvalue weighted by Gasteiger charge is 2.42. The zero-order valence-corrected chi connectivity index (χ0v) is 10.8. The molecule has 1 aliphatic carbocycles. The van der Waals surface area contributed by atoms with Gasteiger partial charge in [-0.3, -0.25) is 9.59 Å². The number of carbonyl (C=O) groups is 2. The summed E-state index contributed by atoms with van der Waals surface area (Å²) in [5, 5.41) is 12.1. The van der Waals surface area contributed by atoms with Gasteiger partial charge >= 0.3 is 5.97 Å². The van der Waals surface area contributed by atoms with Gasteiger partial charge in [0.15, 0.2) is 0 Å². The number of nitrogens with one attached hydrogen (secondary N) is 1. The number of carboxylic acids is 1. The van der Waals surface area contributed by atoms with E-state index in [-0.39, 0.29) is 24.5 Å². The molecule has 2 N–H and O–H groups in total. The van der Waals surface area contributed by atoms with E-state index >= 15 is 0 Å². The third-order valence-electron chi connectivity index (χ3n) is 4.18. The lowest BCUT2D eigenvalue weighted by atomic mass is 9.86. The average Bonchev–Trinajstić information content (AvgIpc) is 2.95. The van der Waals surface area contributed by atoms with Crippen molar-refractivity contribution in [2.75, 3.05) is 13.2 Å². The van der Waals surface area contributed by atoms with E-state index in [1.165, 1.54) is 0 Å². The van der Waals surface area contributed by atoms with Crippen LogP contribution in [0.3, 0.4) is 0 Å². The quantitative estimate of drug-likeness (QED) is 0.790. The Bertz CT molecular complexity index is 336. The predicted octanol–water partition coefficient (Wildman–Crippen LogP) is 1.17. The van der Waals surface area contributed by atoms with Crippen LogP contribution in [0.15, 0.2) is 0 Å². The molecule has 5 heteroatoms. The first-order valence-corrected chi connectivity index (χ1v) is 6.66. The van der Waals surface area contributed by atoms with E-state index in [2.05, 4.69) is 5.32 Å². The lowest BCUT2D eigenvalue weighted by Gasteiger charge is -2.24. The van der Waals surface area contributed by atoms with Gasteiger partial charge in [0.1, 0.15) is 0 Å². The number of carbonyl (C=O) groups excluding carboxylic acids is 1. The Morgan fingerprint density at radius 3 is 2.56 bits per heavy atom. The Balaban J connectivity index is 1.86. The van der Waals surface area contributed by atoms with Crippen molar-refractivity contribution >= 4 is 11.9 Å². The zero-order valence-electron chi connectivity index (χ0n) is 10.8. The molecule has 1 saturated carbocycles. The van der Waals surface area contributed by atoms with Crippen LogP contribution >= 0.6 is 0 Å². The molecule has 2 rings (SSSR count). The van der Waals surface area contributed by atoms with Gasteiger partial charge in [-0.25, -0.2) is 0 Å². The molecule has 2 unspecified atom stereocenters. The lowest BCUT2D eigenvalue weighted by Crippen LogP contribution is -2.43. The van der Waals surface area contributed by atoms with Gasteiger partial charge < -0.3 is 15.2 Å². The van der Waals surface area contributed by atoms with E-state index < -0.39 is 11.4 Å². The summed E-state index contributed by atoms with van der Waals surface area (Å²) >= 11 is 0. The van der Waals surface area contributed by atoms with Crippen molar-refractivity contribution in [3.05, 3.63) is 0 Å². The van der Waals surface area contributed by atoms with Gasteiger partial charge in [0.2, 0.25) is 5.91 Å². The van der Waals surface area contributed by atoms with Crippen LogP contribution in [0.1, 0.15) is 39.0 Å². The van der Waals surface area contributed by atoms with E-state index in [4.69, 9.17) is 4.74 Å². The van der Waals surface area contributed by atoms with E-state index in [0.717, 1.165) is 19.3 Å². The summed E-state index contributed by atoms with van der Waals surface area (Å²) in [6.45, 7) is 2.65. The minimum Gasteiger partial charge on any atom is -0.481 e. The largest absolute Gasteiger partial charge is 0.481 e. The van der Waals surface area contributed by atoms with Crippen molar-refractivity contribution in [1.82, 2.24) is 5.32 Å². The number of hydrogen-bond acceptors (Lipinski definition) is 3. The molecule has 1 amide bonds. The van der Waals surface area contributed by atoms with Crippen LogP contribution in [0.4, 0.5) is 0 Å². The third-order valence-corrected chi connectivity index (χ3v) is 4.18. The maximum atomic E-state index is 11.9. The molecule has 1 heterocycles. The Morgan fingerprint density at radius 1 is 1.39 bits per heavy atom. The summed E-state index contributed by atoms with van der Waals surface area (Å²) in [7, 11) is 0. The molecule has 0 bridgehead atoms. The molecule has 2 atom stereocenters. The molecule has 1 saturated heterocycles. The summed E-state index contributed by atoms with van der Waals surface area (Å²) in [4.78, 5) is 23.3. The topological polar surface area (TPSA) is 75.6 Å². The fourth-order valence-corrected chi connectivity index (χ4v) is 2.92. The van der Waals surface area contributed by atoms with Crippen molar-refractivity contribution in [3.63, 3.8) is 0 Å². The second-order valence-electron chi connectivity index (χ2n) is 5.59. The van der Waals surface area contributed by atoms with Crippen molar-refractivity contribution in [3.8, 4) is 0 Å². The first-order valence-electron chi connectivity index (χ1n) is 6.66. The number of aliphatic carboxylic acids is 1. The molecule has 0 aromatic carbocycles. The van der Waals surface area contributed by atoms with Gasteiger partial charge in [-0.05, 0) is 26.2 Å². The molecule has 18 heavy (non-hydrogen) atoms. The smallest absolute Gasteiger partial charge is 0.311 e. The van der Waals surface area contributed by atoms with Crippen LogP contribution in [-0.4, -0.2) is 36.2 Å². The van der Waals surface area contributed by atoms with Crippen LogP contribution < -0.4 is 5.32 Å². The normalized spacial score (nSPS) is 30.3. The lowest BCUT2D eigenvalue weighted by molar-refractivity contribution is -0.148. The van der Waals surface area contributed by atoms with Crippen LogP contribution in [0.5, 0.6) is 0 Å². The molecule has 2 aliphatic rings. The Labute approximate surface area is 107 Å². The Kier molecular flexibility index (Phi) is 3.90. The fourth-order valence-electron chi connectivity index (χ4n) is 2.92. The standard InChI is InChI=1S/C13H21NO4/c1-9-6-10(7-18-9)11(15)14-8-13(12(16)17)4-2-3-5-13/h9-10H,2-8H2,1H3,(H,14,15)(H,16,17). The van der Waals surface area contributed by atoms with Crippen LogP contribution in [0.2, 0.25) is 0 Å². The van der Waals surface area contributed by atoms with Gasteiger partial charge in [0.05, 0.1) is 24.0 Å². The van der Waals surface area contributed by atoms with Gasteiger partial charge in [-0.1, -0.05) is 12.8 Å². The van der Waals surface area contributed by atoms with Gasteiger partial charge in [-0.15, -0.1) is 0 Å². The third kappa shape index (κ3) is 2.66. The number of hydrogen-bond donors (Lipinski definition) is 2. The second kappa shape index (κ2) is 5.26. The summed E-state index contributed by atoms with van der Waals surface area (Å²) in [6, 6.07) is 0. The van der Waals surface area contributed by atoms with Crippen LogP contribution in [0, 0.1) is 11.3 Å². The molecular weight excluding hydrogens is 234 g/mol. The summed E-state index contributed by atoms with van der Waals surface area (Å²) < 4.78 is 5.35. The number of amides is 1. The predicted molar refractivity (Wildman–Crippen MR) is 65.1 cm³/mol. The first kappa shape index (κ1) is 13.3. The average molecular weight is 255 g/mol. The minimum absolute atomic E-state index is 0.0631. The highest BCUT2D eigenvalue weighted by atomic mass is 16.5. The van der Waals surface area contributed by atoms with Crippen LogP contribution in [-0.2, 0) is 14.3 Å². The molecule has 0 aromatic rings. The van der Waals surface area contributed by atoms with E-state index in [0.29, 0.717) is 19.4 Å². The molecule has 102 valence electrons. The molecule has 0 radical (unpaired) electrons. The monoisotopic (exact) mass is 255 g/mol. The molecule has 0 spiro atoms. The van der Waals surface area contributed by atoms with Crippen molar-refractivity contribution < 1.29 is 19.4 Å². The van der Waals surface area contributed by atoms with E-state index in [1.807, 2.05) is 6.92 Å². The highest BCUT2D eigenvalue weighted by molar-refractivity contribution is 5.81. The number of carboxylic acid groups (broad SMARTS) is 1. The van der Waals surface area contributed by atoms with Gasteiger partial charge in [0.25, 0.3) is 0 Å². The zero-order chi connectivity index (χ0) is 13.2. The van der Waals surface area contributed by atoms with Crippen molar-refractivity contribution in [2.45, 2.75) is 45.1 Å². The summed E-state index contributed by atoms with van der Waals surface area (Å²) in [5.74, 6) is -0.963. The summed E-state index contributed by atoms with van der Waals surface area (Å²) in [5.41, 5.74) is -0.735. The fraction of sp³-hybridized carbons (Fsp3) is 0.846. The van der Waals surface area contributed by atoms with Gasteiger partial charge in [-0.2, -0.15) is 0 Å². The first-order chi connectivity index (χ1) is 8.53.